The van der Waals surface area contributed by atoms with Gasteiger partial charge in [-0.05, 0) is 19.3 Å². The first-order valence-electron chi connectivity index (χ1n) is 8.64. The third-order valence-corrected chi connectivity index (χ3v) is 5.17. The lowest BCUT2D eigenvalue weighted by atomic mass is 10.2. The topological polar surface area (TPSA) is 53.7 Å². The van der Waals surface area contributed by atoms with Crippen LogP contribution in [-0.4, -0.2) is 62.3 Å². The fourth-order valence-corrected chi connectivity index (χ4v) is 3.93. The quantitative estimate of drug-likeness (QED) is 0.848. The van der Waals surface area contributed by atoms with E-state index in [-0.39, 0.29) is 5.91 Å². The molecular weight excluding hydrogens is 290 g/mol. The van der Waals surface area contributed by atoms with E-state index < -0.39 is 0 Å². The highest BCUT2D eigenvalue weighted by Gasteiger charge is 2.27. The summed E-state index contributed by atoms with van der Waals surface area (Å²) in [5, 5.41) is 0. The van der Waals surface area contributed by atoms with E-state index >= 15 is 0 Å². The van der Waals surface area contributed by atoms with E-state index in [9.17, 15) is 4.79 Å². The lowest BCUT2D eigenvalue weighted by molar-refractivity contribution is 0.0753. The maximum Gasteiger partial charge on any atom is 0.276 e. The lowest BCUT2D eigenvalue weighted by Gasteiger charge is -2.27. The summed E-state index contributed by atoms with van der Waals surface area (Å²) < 4.78 is 1.85. The number of hydrogen-bond donors (Lipinski definition) is 0. The monoisotopic (exact) mass is 313 g/mol. The van der Waals surface area contributed by atoms with Gasteiger partial charge in [-0.1, -0.05) is 12.8 Å². The van der Waals surface area contributed by atoms with Crippen LogP contribution in [0.2, 0.25) is 0 Å². The lowest BCUT2D eigenvalue weighted by Crippen LogP contribution is -2.38. The molecule has 3 heterocycles. The third kappa shape index (κ3) is 2.83. The fourth-order valence-electron chi connectivity index (χ4n) is 3.93. The van der Waals surface area contributed by atoms with Crippen molar-refractivity contribution in [3.8, 4) is 0 Å². The SMILES string of the molecule is O=C(c1nccn2ccnc12)N1CCCN(C2CCCC2)CC1. The molecule has 0 unspecified atom stereocenters. The Morgan fingerprint density at radius 3 is 2.57 bits per heavy atom. The van der Waals surface area contributed by atoms with E-state index in [0.29, 0.717) is 11.3 Å². The highest BCUT2D eigenvalue weighted by molar-refractivity contribution is 5.97. The molecule has 4 rings (SSSR count). The summed E-state index contributed by atoms with van der Waals surface area (Å²) >= 11 is 0. The molecule has 0 N–H and O–H groups in total. The average Bonchev–Trinajstić information content (AvgIpc) is 3.21. The summed E-state index contributed by atoms with van der Waals surface area (Å²) in [4.78, 5) is 26.0. The minimum absolute atomic E-state index is 0.00933. The first-order chi connectivity index (χ1) is 11.3. The van der Waals surface area contributed by atoms with Crippen LogP contribution in [-0.2, 0) is 0 Å². The number of amides is 1. The van der Waals surface area contributed by atoms with Crippen molar-refractivity contribution in [2.45, 2.75) is 38.1 Å². The van der Waals surface area contributed by atoms with E-state index in [1.54, 1.807) is 12.4 Å². The minimum atomic E-state index is 0.00933. The van der Waals surface area contributed by atoms with Crippen molar-refractivity contribution in [2.24, 2.45) is 0 Å². The van der Waals surface area contributed by atoms with Crippen LogP contribution in [0, 0.1) is 0 Å². The van der Waals surface area contributed by atoms with Crippen molar-refractivity contribution in [1.82, 2.24) is 24.2 Å². The summed E-state index contributed by atoms with van der Waals surface area (Å²) in [6.45, 7) is 3.69. The van der Waals surface area contributed by atoms with Gasteiger partial charge in [0, 0.05) is 57.0 Å². The summed E-state index contributed by atoms with van der Waals surface area (Å²) in [5.41, 5.74) is 1.11. The smallest absolute Gasteiger partial charge is 0.276 e. The molecule has 6 nitrogen and oxygen atoms in total. The summed E-state index contributed by atoms with van der Waals surface area (Å²) in [6, 6.07) is 0.735. The summed E-state index contributed by atoms with van der Waals surface area (Å²) in [7, 11) is 0. The molecule has 1 aliphatic carbocycles. The molecule has 0 radical (unpaired) electrons. The predicted molar refractivity (Wildman–Crippen MR) is 87.3 cm³/mol. The number of rotatable bonds is 2. The Balaban J connectivity index is 1.49. The van der Waals surface area contributed by atoms with Crippen LogP contribution in [0.3, 0.4) is 0 Å². The van der Waals surface area contributed by atoms with Crippen LogP contribution < -0.4 is 0 Å². The van der Waals surface area contributed by atoms with Gasteiger partial charge in [0.25, 0.3) is 5.91 Å². The Morgan fingerprint density at radius 2 is 1.74 bits per heavy atom. The standard InChI is InChI=1S/C17H23N5O/c23-17(15-16-19-7-11-21(16)10-6-18-15)22-9-3-8-20(12-13-22)14-4-1-2-5-14/h6-7,10-11,14H,1-5,8-9,12-13H2. The molecule has 2 aromatic rings. The van der Waals surface area contributed by atoms with Crippen LogP contribution in [0.1, 0.15) is 42.6 Å². The van der Waals surface area contributed by atoms with Gasteiger partial charge >= 0.3 is 0 Å². The number of imidazole rings is 1. The van der Waals surface area contributed by atoms with E-state index in [0.717, 1.165) is 38.6 Å². The molecule has 2 aliphatic rings. The number of carbonyl (C=O) groups excluding carboxylic acids is 1. The highest BCUT2D eigenvalue weighted by atomic mass is 16.2. The zero-order valence-electron chi connectivity index (χ0n) is 13.4. The first kappa shape index (κ1) is 14.6. The van der Waals surface area contributed by atoms with E-state index in [1.165, 1.54) is 25.7 Å². The van der Waals surface area contributed by atoms with Crippen LogP contribution in [0.25, 0.3) is 5.65 Å². The Bertz CT molecular complexity index is 691. The summed E-state index contributed by atoms with van der Waals surface area (Å²) in [6.07, 6.45) is 13.4. The number of carbonyl (C=O) groups is 1. The number of fused-ring (bicyclic) bond motifs is 1. The van der Waals surface area contributed by atoms with Crippen molar-refractivity contribution >= 4 is 11.6 Å². The van der Waals surface area contributed by atoms with Crippen LogP contribution >= 0.6 is 0 Å². The Labute approximate surface area is 136 Å². The zero-order chi connectivity index (χ0) is 15.6. The highest BCUT2D eigenvalue weighted by Crippen LogP contribution is 2.24. The minimum Gasteiger partial charge on any atom is -0.336 e. The number of nitrogens with zero attached hydrogens (tertiary/aromatic N) is 5. The Kier molecular flexibility index (Phi) is 3.99. The molecule has 122 valence electrons. The van der Waals surface area contributed by atoms with Gasteiger partial charge in [0.15, 0.2) is 11.3 Å². The molecule has 0 bridgehead atoms. The van der Waals surface area contributed by atoms with Crippen molar-refractivity contribution in [3.63, 3.8) is 0 Å². The zero-order valence-corrected chi connectivity index (χ0v) is 13.4. The molecule has 1 aliphatic heterocycles. The maximum absolute atomic E-state index is 12.9. The Morgan fingerprint density at radius 1 is 0.957 bits per heavy atom. The average molecular weight is 313 g/mol. The van der Waals surface area contributed by atoms with Gasteiger partial charge in [-0.15, -0.1) is 0 Å². The molecule has 0 aromatic carbocycles. The fraction of sp³-hybridized carbons (Fsp3) is 0.588. The molecule has 2 aromatic heterocycles. The predicted octanol–water partition coefficient (Wildman–Crippen LogP) is 1.82. The second-order valence-electron chi connectivity index (χ2n) is 6.55. The van der Waals surface area contributed by atoms with Gasteiger partial charge < -0.3 is 9.30 Å². The second-order valence-corrected chi connectivity index (χ2v) is 6.55. The van der Waals surface area contributed by atoms with Crippen LogP contribution in [0.4, 0.5) is 0 Å². The molecule has 0 atom stereocenters. The molecular formula is C17H23N5O. The molecule has 0 spiro atoms. The largest absolute Gasteiger partial charge is 0.336 e. The maximum atomic E-state index is 12.9. The van der Waals surface area contributed by atoms with Crippen molar-refractivity contribution in [1.29, 1.82) is 0 Å². The summed E-state index contributed by atoms with van der Waals surface area (Å²) in [5.74, 6) is 0.00933. The van der Waals surface area contributed by atoms with Gasteiger partial charge in [-0.2, -0.15) is 0 Å². The Hall–Kier alpha value is -1.95. The van der Waals surface area contributed by atoms with Crippen LogP contribution in [0.15, 0.2) is 24.8 Å². The van der Waals surface area contributed by atoms with Crippen molar-refractivity contribution in [2.75, 3.05) is 26.2 Å². The molecule has 1 saturated heterocycles. The molecule has 6 heteroatoms. The second kappa shape index (κ2) is 6.28. The molecule has 23 heavy (non-hydrogen) atoms. The van der Waals surface area contributed by atoms with Crippen molar-refractivity contribution in [3.05, 3.63) is 30.5 Å². The van der Waals surface area contributed by atoms with Crippen molar-refractivity contribution < 1.29 is 4.79 Å². The number of hydrogen-bond acceptors (Lipinski definition) is 4. The normalized spacial score (nSPS) is 21.0. The van der Waals surface area contributed by atoms with Gasteiger partial charge in [-0.25, -0.2) is 9.97 Å². The van der Waals surface area contributed by atoms with Gasteiger partial charge in [-0.3, -0.25) is 9.69 Å². The van der Waals surface area contributed by atoms with E-state index in [2.05, 4.69) is 14.9 Å². The van der Waals surface area contributed by atoms with Crippen LogP contribution in [0.5, 0.6) is 0 Å². The molecule has 2 fully saturated rings. The van der Waals surface area contributed by atoms with E-state index in [1.807, 2.05) is 21.7 Å². The number of aromatic nitrogens is 3. The van der Waals surface area contributed by atoms with Gasteiger partial charge in [0.2, 0.25) is 0 Å². The first-order valence-corrected chi connectivity index (χ1v) is 8.64. The third-order valence-electron chi connectivity index (χ3n) is 5.17. The van der Waals surface area contributed by atoms with Gasteiger partial charge in [0.1, 0.15) is 0 Å². The van der Waals surface area contributed by atoms with E-state index in [4.69, 9.17) is 0 Å². The molecule has 1 saturated carbocycles. The molecule has 1 amide bonds. The van der Waals surface area contributed by atoms with Gasteiger partial charge in [0.05, 0.1) is 0 Å².